The standard InChI is InChI=1S/C22H31N5O/c1-6-18-17(19(7-2)27(5)26-18)13-24-22(23-8-3)25-14-21-15(4)16-11-9-10-12-20(16)28-21/h9-12H,6-8,13-14H2,1-5H3,(H2,23,24,25). The van der Waals surface area contributed by atoms with Crippen molar-refractivity contribution in [3.8, 4) is 0 Å². The predicted octanol–water partition coefficient (Wildman–Crippen LogP) is 3.85. The number of hydrogen-bond acceptors (Lipinski definition) is 3. The largest absolute Gasteiger partial charge is 0.459 e. The summed E-state index contributed by atoms with van der Waals surface area (Å²) >= 11 is 0. The highest BCUT2D eigenvalue weighted by atomic mass is 16.3. The van der Waals surface area contributed by atoms with E-state index in [1.54, 1.807) is 0 Å². The summed E-state index contributed by atoms with van der Waals surface area (Å²) in [5.74, 6) is 1.73. The maximum Gasteiger partial charge on any atom is 0.191 e. The van der Waals surface area contributed by atoms with Gasteiger partial charge in [0.25, 0.3) is 0 Å². The van der Waals surface area contributed by atoms with E-state index in [0.29, 0.717) is 13.1 Å². The number of aryl methyl sites for hydroxylation is 3. The topological polar surface area (TPSA) is 67.4 Å². The summed E-state index contributed by atoms with van der Waals surface area (Å²) in [6.07, 6.45) is 1.87. The zero-order valence-corrected chi connectivity index (χ0v) is 17.6. The van der Waals surface area contributed by atoms with Crippen LogP contribution in [0.25, 0.3) is 11.0 Å². The van der Waals surface area contributed by atoms with Gasteiger partial charge >= 0.3 is 0 Å². The van der Waals surface area contributed by atoms with Gasteiger partial charge in [-0.15, -0.1) is 0 Å². The van der Waals surface area contributed by atoms with E-state index in [-0.39, 0.29) is 0 Å². The van der Waals surface area contributed by atoms with Crippen LogP contribution in [-0.2, 0) is 33.0 Å². The van der Waals surface area contributed by atoms with Crippen molar-refractivity contribution in [3.05, 3.63) is 52.5 Å². The third kappa shape index (κ3) is 4.06. The van der Waals surface area contributed by atoms with Crippen LogP contribution in [0.5, 0.6) is 0 Å². The first kappa shape index (κ1) is 20.0. The second-order valence-electron chi connectivity index (χ2n) is 6.90. The van der Waals surface area contributed by atoms with Crippen LogP contribution in [0, 0.1) is 6.92 Å². The van der Waals surface area contributed by atoms with E-state index < -0.39 is 0 Å². The Morgan fingerprint density at radius 1 is 1.14 bits per heavy atom. The molecule has 0 aliphatic rings. The van der Waals surface area contributed by atoms with E-state index in [0.717, 1.165) is 47.8 Å². The highest BCUT2D eigenvalue weighted by Gasteiger charge is 2.14. The normalized spacial score (nSPS) is 12.0. The van der Waals surface area contributed by atoms with Gasteiger partial charge in [-0.2, -0.15) is 5.10 Å². The molecule has 0 saturated carbocycles. The smallest absolute Gasteiger partial charge is 0.191 e. The Kier molecular flexibility index (Phi) is 6.39. The van der Waals surface area contributed by atoms with Crippen molar-refractivity contribution in [2.24, 2.45) is 12.0 Å². The number of para-hydroxylation sites is 1. The van der Waals surface area contributed by atoms with E-state index >= 15 is 0 Å². The number of nitrogens with zero attached hydrogens (tertiary/aromatic N) is 3. The molecule has 0 fully saturated rings. The molecule has 0 saturated heterocycles. The van der Waals surface area contributed by atoms with E-state index in [1.807, 2.05) is 29.9 Å². The van der Waals surface area contributed by atoms with E-state index in [1.165, 1.54) is 16.8 Å². The number of hydrogen-bond donors (Lipinski definition) is 2. The molecule has 0 aliphatic heterocycles. The molecule has 2 N–H and O–H groups in total. The number of furan rings is 1. The Morgan fingerprint density at radius 2 is 1.93 bits per heavy atom. The molecule has 3 aromatic rings. The molecule has 2 heterocycles. The van der Waals surface area contributed by atoms with Crippen LogP contribution in [0.1, 0.15) is 49.0 Å². The van der Waals surface area contributed by atoms with Crippen molar-refractivity contribution in [3.63, 3.8) is 0 Å². The van der Waals surface area contributed by atoms with Crippen LogP contribution in [0.15, 0.2) is 33.7 Å². The van der Waals surface area contributed by atoms with Crippen molar-refractivity contribution in [1.29, 1.82) is 0 Å². The lowest BCUT2D eigenvalue weighted by Gasteiger charge is -2.11. The SMILES string of the molecule is CCNC(=NCc1c(CC)nn(C)c1CC)NCc1oc2ccccc2c1C. The highest BCUT2D eigenvalue weighted by Crippen LogP contribution is 2.24. The highest BCUT2D eigenvalue weighted by molar-refractivity contribution is 5.83. The molecule has 0 amide bonds. The molecule has 0 bridgehead atoms. The quantitative estimate of drug-likeness (QED) is 0.482. The number of fused-ring (bicyclic) bond motifs is 1. The van der Waals surface area contributed by atoms with Crippen LogP contribution >= 0.6 is 0 Å². The summed E-state index contributed by atoms with van der Waals surface area (Å²) in [6, 6.07) is 8.14. The van der Waals surface area contributed by atoms with E-state index in [2.05, 4.69) is 49.5 Å². The Bertz CT molecular complexity index is 967. The monoisotopic (exact) mass is 381 g/mol. The lowest BCUT2D eigenvalue weighted by Crippen LogP contribution is -2.36. The maximum absolute atomic E-state index is 6.01. The molecule has 3 rings (SSSR count). The van der Waals surface area contributed by atoms with Gasteiger partial charge in [0.2, 0.25) is 0 Å². The minimum absolute atomic E-state index is 0.598. The van der Waals surface area contributed by atoms with Crippen molar-refractivity contribution >= 4 is 16.9 Å². The molecule has 0 atom stereocenters. The number of guanidine groups is 1. The molecular formula is C22H31N5O. The molecule has 0 radical (unpaired) electrons. The van der Waals surface area contributed by atoms with Gasteiger partial charge in [0.15, 0.2) is 5.96 Å². The zero-order chi connectivity index (χ0) is 20.1. The first-order valence-electron chi connectivity index (χ1n) is 10.1. The van der Waals surface area contributed by atoms with Gasteiger partial charge in [0.1, 0.15) is 11.3 Å². The second kappa shape index (κ2) is 8.95. The molecule has 0 unspecified atom stereocenters. The van der Waals surface area contributed by atoms with Crippen molar-refractivity contribution < 1.29 is 4.42 Å². The summed E-state index contributed by atoms with van der Waals surface area (Å²) in [4.78, 5) is 4.81. The molecule has 0 spiro atoms. The summed E-state index contributed by atoms with van der Waals surface area (Å²) in [6.45, 7) is 10.5. The van der Waals surface area contributed by atoms with Gasteiger partial charge in [-0.25, -0.2) is 4.99 Å². The molecule has 2 aromatic heterocycles. The number of benzene rings is 1. The number of rotatable bonds is 7. The molecule has 28 heavy (non-hydrogen) atoms. The Hall–Kier alpha value is -2.76. The van der Waals surface area contributed by atoms with Gasteiger partial charge in [0.05, 0.1) is 18.8 Å². The average molecular weight is 382 g/mol. The third-order valence-corrected chi connectivity index (χ3v) is 5.13. The summed E-state index contributed by atoms with van der Waals surface area (Å²) in [7, 11) is 2.01. The lowest BCUT2D eigenvalue weighted by molar-refractivity contribution is 0.534. The van der Waals surface area contributed by atoms with Crippen LogP contribution < -0.4 is 10.6 Å². The van der Waals surface area contributed by atoms with Crippen LogP contribution in [0.2, 0.25) is 0 Å². The fraction of sp³-hybridized carbons (Fsp3) is 0.455. The maximum atomic E-state index is 6.01. The molecule has 1 aromatic carbocycles. The summed E-state index contributed by atoms with van der Waals surface area (Å²) < 4.78 is 8.00. The lowest BCUT2D eigenvalue weighted by atomic mass is 10.1. The van der Waals surface area contributed by atoms with Crippen molar-refractivity contribution in [1.82, 2.24) is 20.4 Å². The van der Waals surface area contributed by atoms with Gasteiger partial charge < -0.3 is 15.1 Å². The molecule has 6 heteroatoms. The van der Waals surface area contributed by atoms with E-state index in [9.17, 15) is 0 Å². The van der Waals surface area contributed by atoms with Gasteiger partial charge in [-0.05, 0) is 32.8 Å². The minimum Gasteiger partial charge on any atom is -0.459 e. The fourth-order valence-corrected chi connectivity index (χ4v) is 3.63. The van der Waals surface area contributed by atoms with E-state index in [4.69, 9.17) is 9.41 Å². The molecule has 0 aliphatic carbocycles. The first-order chi connectivity index (χ1) is 13.6. The number of nitrogens with one attached hydrogen (secondary N) is 2. The van der Waals surface area contributed by atoms with Crippen molar-refractivity contribution in [2.75, 3.05) is 6.54 Å². The Balaban J connectivity index is 1.77. The molecule has 6 nitrogen and oxygen atoms in total. The first-order valence-corrected chi connectivity index (χ1v) is 10.1. The van der Waals surface area contributed by atoms with Crippen LogP contribution in [0.3, 0.4) is 0 Å². The van der Waals surface area contributed by atoms with Gasteiger partial charge in [0, 0.05) is 35.8 Å². The summed E-state index contributed by atoms with van der Waals surface area (Å²) in [5.41, 5.74) is 5.73. The molecular weight excluding hydrogens is 350 g/mol. The summed E-state index contributed by atoms with van der Waals surface area (Å²) in [5, 5.41) is 12.5. The van der Waals surface area contributed by atoms with Crippen LogP contribution in [-0.4, -0.2) is 22.3 Å². The van der Waals surface area contributed by atoms with Crippen LogP contribution in [0.4, 0.5) is 0 Å². The molecule has 150 valence electrons. The Labute approximate surface area is 167 Å². The second-order valence-corrected chi connectivity index (χ2v) is 6.90. The minimum atomic E-state index is 0.598. The van der Waals surface area contributed by atoms with Gasteiger partial charge in [-0.3, -0.25) is 4.68 Å². The average Bonchev–Trinajstić information content (AvgIpc) is 3.20. The third-order valence-electron chi connectivity index (χ3n) is 5.13. The predicted molar refractivity (Wildman–Crippen MR) is 115 cm³/mol. The van der Waals surface area contributed by atoms with Gasteiger partial charge in [-0.1, -0.05) is 32.0 Å². The number of aromatic nitrogens is 2. The zero-order valence-electron chi connectivity index (χ0n) is 17.6. The Morgan fingerprint density at radius 3 is 2.61 bits per heavy atom. The fourth-order valence-electron chi connectivity index (χ4n) is 3.63. The number of aliphatic imine (C=N–C) groups is 1. The van der Waals surface area contributed by atoms with Crippen molar-refractivity contribution in [2.45, 2.75) is 53.6 Å².